The van der Waals surface area contributed by atoms with Crippen molar-refractivity contribution in [3.05, 3.63) is 75.3 Å². The molecule has 0 aromatic heterocycles. The van der Waals surface area contributed by atoms with Crippen molar-refractivity contribution in [2.75, 3.05) is 0 Å². The van der Waals surface area contributed by atoms with Crippen molar-refractivity contribution in [2.45, 2.75) is 19.8 Å². The molecule has 0 heterocycles. The number of carbonyl (C=O) groups excluding carboxylic acids is 1. The number of hydrogen-bond acceptors (Lipinski definition) is 5. The van der Waals surface area contributed by atoms with Gasteiger partial charge in [-0.2, -0.15) is 5.10 Å². The Bertz CT molecular complexity index is 862. The van der Waals surface area contributed by atoms with E-state index >= 15 is 0 Å². The lowest BCUT2D eigenvalue weighted by molar-refractivity contribution is -0.385. The van der Waals surface area contributed by atoms with Gasteiger partial charge in [-0.25, -0.2) is 5.43 Å². The first-order chi connectivity index (χ1) is 12.4. The lowest BCUT2D eigenvalue weighted by Gasteiger charge is -2.07. The Morgan fingerprint density at radius 3 is 2.38 bits per heavy atom. The van der Waals surface area contributed by atoms with Crippen LogP contribution in [-0.2, 0) is 4.79 Å². The standard InChI is InChI=1S/C18H17N3O5/c1-12-11-14(7-9-16(12)21(25)26)18(24)20-19-15(8-10-17(22)23)13-5-3-2-4-6-13/h2-7,9,11H,8,10H2,1H3,(H,20,24)(H,22,23)/b19-15+. The molecule has 0 spiro atoms. The van der Waals surface area contributed by atoms with Gasteiger partial charge in [0, 0.05) is 23.6 Å². The van der Waals surface area contributed by atoms with Crippen LogP contribution in [0.1, 0.15) is 34.3 Å². The maximum Gasteiger partial charge on any atom is 0.303 e. The Morgan fingerprint density at radius 1 is 1.12 bits per heavy atom. The number of carbonyl (C=O) groups is 2. The van der Waals surface area contributed by atoms with E-state index in [0.717, 1.165) is 0 Å². The van der Waals surface area contributed by atoms with Crippen molar-refractivity contribution in [3.8, 4) is 0 Å². The highest BCUT2D eigenvalue weighted by molar-refractivity contribution is 6.03. The monoisotopic (exact) mass is 355 g/mol. The van der Waals surface area contributed by atoms with Crippen molar-refractivity contribution in [3.63, 3.8) is 0 Å². The molecule has 0 saturated carbocycles. The average molecular weight is 355 g/mol. The Labute approximate surface area is 149 Å². The fourth-order valence-corrected chi connectivity index (χ4v) is 2.31. The molecule has 134 valence electrons. The molecule has 0 aliphatic heterocycles. The lowest BCUT2D eigenvalue weighted by Crippen LogP contribution is -2.20. The number of carboxylic acids is 1. The number of carboxylic acid groups (broad SMARTS) is 1. The van der Waals surface area contributed by atoms with Crippen LogP contribution in [0.3, 0.4) is 0 Å². The first kappa shape index (κ1) is 18.8. The predicted molar refractivity (Wildman–Crippen MR) is 95.1 cm³/mol. The molecule has 26 heavy (non-hydrogen) atoms. The molecule has 2 N–H and O–H groups in total. The van der Waals surface area contributed by atoms with Crippen molar-refractivity contribution < 1.29 is 19.6 Å². The van der Waals surface area contributed by atoms with Gasteiger partial charge < -0.3 is 5.11 Å². The molecule has 0 aliphatic carbocycles. The molecule has 0 unspecified atom stereocenters. The predicted octanol–water partition coefficient (Wildman–Crippen LogP) is 2.90. The quantitative estimate of drug-likeness (QED) is 0.449. The lowest BCUT2D eigenvalue weighted by atomic mass is 10.1. The second kappa shape index (κ2) is 8.52. The van der Waals surface area contributed by atoms with E-state index < -0.39 is 16.8 Å². The van der Waals surface area contributed by atoms with E-state index in [1.165, 1.54) is 18.2 Å². The maximum absolute atomic E-state index is 12.2. The Kier molecular flexibility index (Phi) is 6.15. The topological polar surface area (TPSA) is 122 Å². The second-order valence-electron chi connectivity index (χ2n) is 5.52. The zero-order valence-corrected chi connectivity index (χ0v) is 14.0. The van der Waals surface area contributed by atoms with Crippen LogP contribution in [-0.4, -0.2) is 27.6 Å². The Morgan fingerprint density at radius 2 is 1.81 bits per heavy atom. The summed E-state index contributed by atoms with van der Waals surface area (Å²) < 4.78 is 0. The van der Waals surface area contributed by atoms with Gasteiger partial charge in [0.15, 0.2) is 0 Å². The number of hydrogen-bond donors (Lipinski definition) is 2. The number of aliphatic carboxylic acids is 1. The summed E-state index contributed by atoms with van der Waals surface area (Å²) in [4.78, 5) is 33.4. The molecule has 0 fully saturated rings. The van der Waals surface area contributed by atoms with E-state index in [1.54, 1.807) is 31.2 Å². The fraction of sp³-hybridized carbons (Fsp3) is 0.167. The smallest absolute Gasteiger partial charge is 0.303 e. The largest absolute Gasteiger partial charge is 0.481 e. The fourth-order valence-electron chi connectivity index (χ4n) is 2.31. The van der Waals surface area contributed by atoms with Crippen molar-refractivity contribution in [1.29, 1.82) is 0 Å². The van der Waals surface area contributed by atoms with Crippen LogP contribution in [0.15, 0.2) is 53.6 Å². The Balaban J connectivity index is 2.20. The van der Waals surface area contributed by atoms with Gasteiger partial charge in [-0.05, 0) is 24.6 Å². The zero-order chi connectivity index (χ0) is 19.1. The van der Waals surface area contributed by atoms with Gasteiger partial charge in [-0.1, -0.05) is 30.3 Å². The van der Waals surface area contributed by atoms with Crippen molar-refractivity contribution >= 4 is 23.3 Å². The van der Waals surface area contributed by atoms with E-state index in [0.29, 0.717) is 16.8 Å². The molecule has 1 amide bonds. The van der Waals surface area contributed by atoms with Gasteiger partial charge in [0.25, 0.3) is 11.6 Å². The number of nitrogens with one attached hydrogen (secondary N) is 1. The minimum absolute atomic E-state index is 0.0727. The third kappa shape index (κ3) is 4.97. The number of nitro benzene ring substituents is 1. The first-order valence-corrected chi connectivity index (χ1v) is 7.77. The summed E-state index contributed by atoms with van der Waals surface area (Å²) in [5, 5.41) is 23.8. The number of nitrogens with zero attached hydrogens (tertiary/aromatic N) is 2. The molecular weight excluding hydrogens is 338 g/mol. The molecule has 0 bridgehead atoms. The van der Waals surface area contributed by atoms with Gasteiger partial charge in [-0.3, -0.25) is 19.7 Å². The summed E-state index contributed by atoms with van der Waals surface area (Å²) in [6.45, 7) is 1.54. The highest BCUT2D eigenvalue weighted by Crippen LogP contribution is 2.18. The van der Waals surface area contributed by atoms with E-state index in [9.17, 15) is 19.7 Å². The molecule has 8 heteroatoms. The minimum atomic E-state index is -0.967. The summed E-state index contributed by atoms with van der Waals surface area (Å²) >= 11 is 0. The SMILES string of the molecule is Cc1cc(C(=O)N/N=C(\CCC(=O)O)c2ccccc2)ccc1[N+](=O)[O-]. The number of hydrazone groups is 1. The van der Waals surface area contributed by atoms with E-state index in [2.05, 4.69) is 10.5 Å². The molecular formula is C18H17N3O5. The molecule has 2 aromatic carbocycles. The van der Waals surface area contributed by atoms with Crippen LogP contribution >= 0.6 is 0 Å². The molecule has 8 nitrogen and oxygen atoms in total. The van der Waals surface area contributed by atoms with Crippen LogP contribution < -0.4 is 5.43 Å². The third-order valence-corrected chi connectivity index (χ3v) is 3.63. The van der Waals surface area contributed by atoms with Crippen molar-refractivity contribution in [1.82, 2.24) is 5.43 Å². The van der Waals surface area contributed by atoms with E-state index in [4.69, 9.17) is 5.11 Å². The van der Waals surface area contributed by atoms with Crippen LogP contribution in [0.2, 0.25) is 0 Å². The summed E-state index contributed by atoms with van der Waals surface area (Å²) in [5.41, 5.74) is 4.03. The average Bonchev–Trinajstić information content (AvgIpc) is 2.61. The third-order valence-electron chi connectivity index (χ3n) is 3.63. The zero-order valence-electron chi connectivity index (χ0n) is 14.0. The van der Waals surface area contributed by atoms with Crippen LogP contribution in [0.4, 0.5) is 5.69 Å². The highest BCUT2D eigenvalue weighted by Gasteiger charge is 2.14. The number of nitro groups is 1. The molecule has 2 aromatic rings. The number of rotatable bonds is 7. The molecule has 0 saturated heterocycles. The van der Waals surface area contributed by atoms with Gasteiger partial charge in [0.05, 0.1) is 17.1 Å². The maximum atomic E-state index is 12.2. The van der Waals surface area contributed by atoms with Crippen LogP contribution in [0, 0.1) is 17.0 Å². The van der Waals surface area contributed by atoms with E-state index in [1.807, 2.05) is 6.07 Å². The van der Waals surface area contributed by atoms with Gasteiger partial charge >= 0.3 is 5.97 Å². The van der Waals surface area contributed by atoms with Crippen molar-refractivity contribution in [2.24, 2.45) is 5.10 Å². The molecule has 2 rings (SSSR count). The van der Waals surface area contributed by atoms with E-state index in [-0.39, 0.29) is 24.1 Å². The number of benzene rings is 2. The van der Waals surface area contributed by atoms with Gasteiger partial charge in [0.1, 0.15) is 0 Å². The highest BCUT2D eigenvalue weighted by atomic mass is 16.6. The van der Waals surface area contributed by atoms with Gasteiger partial charge in [0.2, 0.25) is 0 Å². The summed E-state index contributed by atoms with van der Waals surface area (Å²) in [5.74, 6) is -1.50. The molecule has 0 atom stereocenters. The first-order valence-electron chi connectivity index (χ1n) is 7.77. The normalized spacial score (nSPS) is 11.0. The number of aryl methyl sites for hydroxylation is 1. The van der Waals surface area contributed by atoms with Crippen LogP contribution in [0.5, 0.6) is 0 Å². The second-order valence-corrected chi connectivity index (χ2v) is 5.52. The number of amides is 1. The molecule has 0 radical (unpaired) electrons. The summed E-state index contributed by atoms with van der Waals surface area (Å²) in [6, 6.07) is 12.9. The van der Waals surface area contributed by atoms with Crippen LogP contribution in [0.25, 0.3) is 0 Å². The molecule has 0 aliphatic rings. The minimum Gasteiger partial charge on any atom is -0.481 e. The van der Waals surface area contributed by atoms with Gasteiger partial charge in [-0.15, -0.1) is 0 Å². The Hall–Kier alpha value is -3.55. The summed E-state index contributed by atoms with van der Waals surface area (Å²) in [7, 11) is 0. The summed E-state index contributed by atoms with van der Waals surface area (Å²) in [6.07, 6.45) is 0.0269.